The lowest BCUT2D eigenvalue weighted by Gasteiger charge is -2.46. The lowest BCUT2D eigenvalue weighted by Crippen LogP contribution is -2.56. The monoisotopic (exact) mass is 427 g/mol. The summed E-state index contributed by atoms with van der Waals surface area (Å²) in [7, 11) is 3.62. The average Bonchev–Trinajstić information content (AvgIpc) is 2.80. The number of nitrogens with zero attached hydrogens (tertiary/aromatic N) is 3. The fraction of sp³-hybridized carbons (Fsp3) is 0.583. The van der Waals surface area contributed by atoms with E-state index in [4.69, 9.17) is 9.15 Å². The molecule has 2 atom stereocenters. The molecule has 3 heterocycles. The number of likely N-dealkylation sites (N-methyl/N-ethyl adjacent to an activating group) is 1. The predicted octanol–water partition coefficient (Wildman–Crippen LogP) is 2.18. The summed E-state index contributed by atoms with van der Waals surface area (Å²) in [6.45, 7) is 6.72. The van der Waals surface area contributed by atoms with E-state index in [0.29, 0.717) is 41.5 Å². The normalized spacial score (nSPS) is 23.8. The van der Waals surface area contributed by atoms with Crippen LogP contribution in [0.1, 0.15) is 24.8 Å². The first-order valence-corrected chi connectivity index (χ1v) is 11.3. The molecule has 0 unspecified atom stereocenters. The summed E-state index contributed by atoms with van der Waals surface area (Å²) >= 11 is 0. The molecule has 7 nitrogen and oxygen atoms in total. The highest BCUT2D eigenvalue weighted by atomic mass is 16.5. The van der Waals surface area contributed by atoms with E-state index in [9.17, 15) is 9.59 Å². The highest BCUT2D eigenvalue weighted by Gasteiger charge is 2.34. The molecule has 0 spiro atoms. The molecule has 0 N–H and O–H groups in total. The number of rotatable bonds is 6. The van der Waals surface area contributed by atoms with E-state index in [1.54, 1.807) is 6.26 Å². The molecule has 2 aliphatic rings. The maximum Gasteiger partial charge on any atom is 0.305 e. The lowest BCUT2D eigenvalue weighted by atomic mass is 9.86. The Morgan fingerprint density at radius 2 is 1.94 bits per heavy atom. The number of likely N-dealkylation sites (tertiary alicyclic amines) is 1. The highest BCUT2D eigenvalue weighted by Crippen LogP contribution is 2.28. The zero-order valence-corrected chi connectivity index (χ0v) is 18.6. The number of hydrogen-bond acceptors (Lipinski definition) is 7. The first-order chi connectivity index (χ1) is 15.0. The van der Waals surface area contributed by atoms with E-state index in [0.717, 1.165) is 52.1 Å². The summed E-state index contributed by atoms with van der Waals surface area (Å²) in [5.41, 5.74) is 1.37. The van der Waals surface area contributed by atoms with Crippen molar-refractivity contribution in [1.82, 2.24) is 14.7 Å². The van der Waals surface area contributed by atoms with Crippen LogP contribution in [-0.4, -0.2) is 80.1 Å². The van der Waals surface area contributed by atoms with E-state index >= 15 is 0 Å². The molecule has 4 rings (SSSR count). The molecule has 1 aromatic heterocycles. The van der Waals surface area contributed by atoms with Gasteiger partial charge in [-0.15, -0.1) is 0 Å². The summed E-state index contributed by atoms with van der Waals surface area (Å²) in [4.78, 5) is 32.0. The number of para-hydroxylation sites is 1. The third-order valence-corrected chi connectivity index (χ3v) is 6.88. The number of piperazine rings is 1. The fourth-order valence-corrected chi connectivity index (χ4v) is 5.03. The Hall–Kier alpha value is -2.22. The number of carbonyl (C=O) groups is 1. The van der Waals surface area contributed by atoms with Crippen LogP contribution < -0.4 is 5.43 Å². The van der Waals surface area contributed by atoms with Crippen LogP contribution in [0.2, 0.25) is 0 Å². The third-order valence-electron chi connectivity index (χ3n) is 6.88. The van der Waals surface area contributed by atoms with Crippen molar-refractivity contribution in [2.45, 2.75) is 31.8 Å². The molecule has 2 fully saturated rings. The van der Waals surface area contributed by atoms with Crippen molar-refractivity contribution in [3.63, 3.8) is 0 Å². The van der Waals surface area contributed by atoms with Crippen molar-refractivity contribution in [2.75, 3.05) is 53.4 Å². The average molecular weight is 428 g/mol. The van der Waals surface area contributed by atoms with Gasteiger partial charge in [-0.1, -0.05) is 12.1 Å². The van der Waals surface area contributed by atoms with Crippen LogP contribution in [0, 0.1) is 5.92 Å². The summed E-state index contributed by atoms with van der Waals surface area (Å²) in [6.07, 6.45) is 3.92. The second-order valence-corrected chi connectivity index (χ2v) is 8.89. The van der Waals surface area contributed by atoms with Crippen molar-refractivity contribution in [1.29, 1.82) is 0 Å². The number of esters is 1. The minimum Gasteiger partial charge on any atom is -0.469 e. The number of fused-ring (bicyclic) bond motifs is 1. The Morgan fingerprint density at radius 1 is 1.16 bits per heavy atom. The Balaban J connectivity index is 1.47. The first kappa shape index (κ1) is 22.0. The van der Waals surface area contributed by atoms with E-state index < -0.39 is 0 Å². The first-order valence-electron chi connectivity index (χ1n) is 11.3. The van der Waals surface area contributed by atoms with Gasteiger partial charge in [0.1, 0.15) is 5.58 Å². The highest BCUT2D eigenvalue weighted by molar-refractivity contribution is 5.76. The topological polar surface area (TPSA) is 66.2 Å². The van der Waals surface area contributed by atoms with Crippen LogP contribution in [0.4, 0.5) is 0 Å². The number of ether oxygens (including phenoxy) is 1. The molecule has 31 heavy (non-hydrogen) atoms. The van der Waals surface area contributed by atoms with Gasteiger partial charge in [-0.2, -0.15) is 0 Å². The summed E-state index contributed by atoms with van der Waals surface area (Å²) < 4.78 is 10.6. The Kier molecular flexibility index (Phi) is 7.05. The van der Waals surface area contributed by atoms with Crippen LogP contribution in [-0.2, 0) is 16.1 Å². The van der Waals surface area contributed by atoms with Gasteiger partial charge in [-0.3, -0.25) is 19.4 Å². The zero-order valence-electron chi connectivity index (χ0n) is 18.6. The maximum atomic E-state index is 12.9. The standard InChI is InChI=1S/C24H33N3O4/c1-25-11-13-27(14-12-25)21-9-10-26(15-18(21)7-8-23(28)30-2)16-19-17-31-22-6-4-3-5-20(22)24(19)29/h3-6,17-18,21H,7-16H2,1-2H3/t18-,21+/m0/s1. The second kappa shape index (κ2) is 9.94. The van der Waals surface area contributed by atoms with Crippen LogP contribution in [0.15, 0.2) is 39.7 Å². The summed E-state index contributed by atoms with van der Waals surface area (Å²) in [5, 5.41) is 0.634. The minimum absolute atomic E-state index is 0.0501. The van der Waals surface area contributed by atoms with E-state index in [2.05, 4.69) is 21.7 Å². The van der Waals surface area contributed by atoms with Gasteiger partial charge in [0.25, 0.3) is 0 Å². The number of methoxy groups -OCH3 is 1. The molecule has 2 saturated heterocycles. The van der Waals surface area contributed by atoms with E-state index in [-0.39, 0.29) is 11.4 Å². The van der Waals surface area contributed by atoms with Gasteiger partial charge in [0, 0.05) is 63.8 Å². The minimum atomic E-state index is -0.149. The SMILES string of the molecule is COC(=O)CC[C@H]1CN(Cc2coc3ccccc3c2=O)CC[C@H]1N1CCN(C)CC1. The molecule has 0 saturated carbocycles. The Labute approximate surface area is 183 Å². The third kappa shape index (κ3) is 5.17. The Morgan fingerprint density at radius 3 is 2.71 bits per heavy atom. The van der Waals surface area contributed by atoms with Gasteiger partial charge < -0.3 is 14.1 Å². The summed E-state index contributed by atoms with van der Waals surface area (Å²) in [6, 6.07) is 7.87. The van der Waals surface area contributed by atoms with Crippen LogP contribution >= 0.6 is 0 Å². The zero-order chi connectivity index (χ0) is 21.8. The van der Waals surface area contributed by atoms with Crippen molar-refractivity contribution in [2.24, 2.45) is 5.92 Å². The van der Waals surface area contributed by atoms with Gasteiger partial charge in [-0.05, 0) is 37.9 Å². The number of carbonyl (C=O) groups excluding carboxylic acids is 1. The molecular formula is C24H33N3O4. The molecular weight excluding hydrogens is 394 g/mol. The van der Waals surface area contributed by atoms with E-state index in [1.807, 2.05) is 24.3 Å². The van der Waals surface area contributed by atoms with Crippen LogP contribution in [0.5, 0.6) is 0 Å². The molecule has 0 radical (unpaired) electrons. The summed E-state index contributed by atoms with van der Waals surface area (Å²) in [5.74, 6) is 0.230. The van der Waals surface area contributed by atoms with Gasteiger partial charge >= 0.3 is 5.97 Å². The molecule has 0 bridgehead atoms. The number of piperidine rings is 1. The quantitative estimate of drug-likeness (QED) is 0.655. The maximum absolute atomic E-state index is 12.9. The van der Waals surface area contributed by atoms with Gasteiger partial charge in [0.05, 0.1) is 18.8 Å². The molecule has 2 aliphatic heterocycles. The smallest absolute Gasteiger partial charge is 0.305 e. The number of hydrogen-bond donors (Lipinski definition) is 0. The van der Waals surface area contributed by atoms with Crippen LogP contribution in [0.25, 0.3) is 11.0 Å². The van der Waals surface area contributed by atoms with Gasteiger partial charge in [0.2, 0.25) is 0 Å². The van der Waals surface area contributed by atoms with Crippen LogP contribution in [0.3, 0.4) is 0 Å². The molecule has 1 aromatic carbocycles. The van der Waals surface area contributed by atoms with E-state index in [1.165, 1.54) is 7.11 Å². The van der Waals surface area contributed by atoms with Crippen molar-refractivity contribution < 1.29 is 13.9 Å². The molecule has 0 aliphatic carbocycles. The molecule has 2 aromatic rings. The predicted molar refractivity (Wildman–Crippen MR) is 120 cm³/mol. The van der Waals surface area contributed by atoms with Crippen molar-refractivity contribution in [3.8, 4) is 0 Å². The second-order valence-electron chi connectivity index (χ2n) is 8.89. The fourth-order valence-electron chi connectivity index (χ4n) is 5.03. The van der Waals surface area contributed by atoms with Gasteiger partial charge in [0.15, 0.2) is 5.43 Å². The molecule has 0 amide bonds. The Bertz CT molecular complexity index is 951. The largest absolute Gasteiger partial charge is 0.469 e. The van der Waals surface area contributed by atoms with Crippen molar-refractivity contribution >= 4 is 16.9 Å². The van der Waals surface area contributed by atoms with Crippen molar-refractivity contribution in [3.05, 3.63) is 46.3 Å². The van der Waals surface area contributed by atoms with Gasteiger partial charge in [-0.25, -0.2) is 0 Å². The molecule has 7 heteroatoms. The lowest BCUT2D eigenvalue weighted by molar-refractivity contribution is -0.141. The molecule has 168 valence electrons. The number of benzene rings is 1.